The van der Waals surface area contributed by atoms with Crippen molar-refractivity contribution in [3.63, 3.8) is 0 Å². The van der Waals surface area contributed by atoms with Crippen LogP contribution in [0.5, 0.6) is 0 Å². The maximum absolute atomic E-state index is 2.43. The third-order valence-corrected chi connectivity index (χ3v) is 4.04. The van der Waals surface area contributed by atoms with Crippen molar-refractivity contribution in [3.8, 4) is 0 Å². The molecule has 0 N–H and O–H groups in total. The fourth-order valence-electron chi connectivity index (χ4n) is 2.26. The van der Waals surface area contributed by atoms with Crippen LogP contribution in [0, 0.1) is 23.7 Å². The highest BCUT2D eigenvalue weighted by Gasteiger charge is 2.33. The lowest BCUT2D eigenvalue weighted by molar-refractivity contribution is 0.0889. The Morgan fingerprint density at radius 2 is 2.00 bits per heavy atom. The molecule has 12 heavy (non-hydrogen) atoms. The Morgan fingerprint density at radius 3 is 2.42 bits per heavy atom. The second-order valence-corrected chi connectivity index (χ2v) is 4.92. The molecule has 0 aliphatic heterocycles. The van der Waals surface area contributed by atoms with E-state index in [0.29, 0.717) is 0 Å². The van der Waals surface area contributed by atoms with E-state index < -0.39 is 0 Å². The third kappa shape index (κ3) is 2.24. The van der Waals surface area contributed by atoms with E-state index in [4.69, 9.17) is 0 Å². The number of rotatable bonds is 4. The zero-order chi connectivity index (χ0) is 9.14. The molecule has 1 aliphatic rings. The van der Waals surface area contributed by atoms with Crippen LogP contribution in [0.2, 0.25) is 0 Å². The summed E-state index contributed by atoms with van der Waals surface area (Å²) in [6, 6.07) is 0. The van der Waals surface area contributed by atoms with Gasteiger partial charge >= 0.3 is 0 Å². The van der Waals surface area contributed by atoms with E-state index in [-0.39, 0.29) is 0 Å². The minimum absolute atomic E-state index is 0.952. The summed E-state index contributed by atoms with van der Waals surface area (Å²) in [5, 5.41) is 0. The second kappa shape index (κ2) is 4.30. The van der Waals surface area contributed by atoms with Gasteiger partial charge in [0.15, 0.2) is 0 Å². The van der Waals surface area contributed by atoms with Crippen molar-refractivity contribution in [1.29, 1.82) is 0 Å². The predicted molar refractivity (Wildman–Crippen MR) is 55.1 cm³/mol. The molecule has 0 spiro atoms. The van der Waals surface area contributed by atoms with Crippen molar-refractivity contribution in [1.82, 2.24) is 0 Å². The van der Waals surface area contributed by atoms with Gasteiger partial charge in [0.05, 0.1) is 0 Å². The van der Waals surface area contributed by atoms with Gasteiger partial charge < -0.3 is 0 Å². The first-order valence-corrected chi connectivity index (χ1v) is 5.65. The Balaban J connectivity index is 2.09. The smallest absolute Gasteiger partial charge is 0.0383 e. The van der Waals surface area contributed by atoms with E-state index >= 15 is 0 Å². The van der Waals surface area contributed by atoms with Crippen LogP contribution in [0.3, 0.4) is 0 Å². The normalized spacial score (nSPS) is 37.5. The first-order chi connectivity index (χ1) is 5.65. The Kier molecular flexibility index (Phi) is 3.61. The average Bonchev–Trinajstić information content (AvgIpc) is 2.10. The molecule has 1 rings (SSSR count). The number of hydrogen-bond donors (Lipinski definition) is 0. The highest BCUT2D eigenvalue weighted by molar-refractivity contribution is 4.83. The molecular weight excluding hydrogens is 144 g/mol. The molecule has 0 bridgehead atoms. The van der Waals surface area contributed by atoms with Crippen molar-refractivity contribution in [2.24, 2.45) is 23.7 Å². The molecule has 1 aliphatic carbocycles. The molecule has 0 radical (unpaired) electrons. The zero-order valence-corrected chi connectivity index (χ0v) is 9.14. The lowest BCUT2D eigenvalue weighted by Gasteiger charge is -2.41. The van der Waals surface area contributed by atoms with Crippen molar-refractivity contribution in [2.45, 2.75) is 53.4 Å². The summed E-state index contributed by atoms with van der Waals surface area (Å²) < 4.78 is 0. The Labute approximate surface area is 77.7 Å². The fraction of sp³-hybridized carbons (Fsp3) is 1.00. The summed E-state index contributed by atoms with van der Waals surface area (Å²) in [6.07, 6.45) is 5.80. The molecule has 0 nitrogen and oxygen atoms in total. The van der Waals surface area contributed by atoms with Gasteiger partial charge in [0.1, 0.15) is 0 Å². The Hall–Kier alpha value is 0. The molecule has 0 heteroatoms. The predicted octanol–water partition coefficient (Wildman–Crippen LogP) is 4.10. The van der Waals surface area contributed by atoms with E-state index in [2.05, 4.69) is 27.7 Å². The topological polar surface area (TPSA) is 0 Å². The number of hydrogen-bond acceptors (Lipinski definition) is 0. The maximum Gasteiger partial charge on any atom is -0.0383 e. The lowest BCUT2D eigenvalue weighted by Crippen LogP contribution is -2.32. The van der Waals surface area contributed by atoms with Gasteiger partial charge in [0.25, 0.3) is 0 Å². The molecule has 0 aromatic carbocycles. The molecular formula is C12H24. The summed E-state index contributed by atoms with van der Waals surface area (Å²) in [6.45, 7) is 9.50. The van der Waals surface area contributed by atoms with Gasteiger partial charge in [-0.05, 0) is 36.5 Å². The standard InChI is InChI=1S/C12H24/c1-5-9(2)6-7-12-8-10(3)11(12)4/h9-12H,5-8H2,1-4H3. The zero-order valence-electron chi connectivity index (χ0n) is 9.14. The van der Waals surface area contributed by atoms with Crippen molar-refractivity contribution in [3.05, 3.63) is 0 Å². The lowest BCUT2D eigenvalue weighted by atomic mass is 9.64. The van der Waals surface area contributed by atoms with Crippen LogP contribution < -0.4 is 0 Å². The van der Waals surface area contributed by atoms with Gasteiger partial charge in [-0.25, -0.2) is 0 Å². The first kappa shape index (κ1) is 10.1. The van der Waals surface area contributed by atoms with Gasteiger partial charge in [0, 0.05) is 0 Å². The van der Waals surface area contributed by atoms with Crippen LogP contribution in [-0.2, 0) is 0 Å². The Bertz CT molecular complexity index is 128. The first-order valence-electron chi connectivity index (χ1n) is 5.65. The summed E-state index contributed by atoms with van der Waals surface area (Å²) >= 11 is 0. The fourth-order valence-corrected chi connectivity index (χ4v) is 2.26. The van der Waals surface area contributed by atoms with E-state index in [9.17, 15) is 0 Å². The second-order valence-electron chi connectivity index (χ2n) is 4.92. The minimum atomic E-state index is 0.952. The van der Waals surface area contributed by atoms with Crippen molar-refractivity contribution < 1.29 is 0 Å². The van der Waals surface area contributed by atoms with Crippen molar-refractivity contribution >= 4 is 0 Å². The molecule has 0 aromatic heterocycles. The third-order valence-electron chi connectivity index (χ3n) is 4.04. The molecule has 0 heterocycles. The van der Waals surface area contributed by atoms with Crippen LogP contribution in [-0.4, -0.2) is 0 Å². The quantitative estimate of drug-likeness (QED) is 0.592. The van der Waals surface area contributed by atoms with Gasteiger partial charge in [-0.3, -0.25) is 0 Å². The summed E-state index contributed by atoms with van der Waals surface area (Å²) in [7, 11) is 0. The molecule has 0 aromatic rings. The highest BCUT2D eigenvalue weighted by atomic mass is 14.4. The Morgan fingerprint density at radius 1 is 1.33 bits per heavy atom. The van der Waals surface area contributed by atoms with Crippen LogP contribution in [0.4, 0.5) is 0 Å². The molecule has 72 valence electrons. The SMILES string of the molecule is CCC(C)CCC1CC(C)C1C. The van der Waals surface area contributed by atoms with E-state index in [0.717, 1.165) is 23.7 Å². The average molecular weight is 168 g/mol. The minimum Gasteiger partial charge on any atom is -0.0651 e. The molecule has 0 saturated heterocycles. The molecule has 4 unspecified atom stereocenters. The van der Waals surface area contributed by atoms with Gasteiger partial charge in [-0.15, -0.1) is 0 Å². The molecule has 4 atom stereocenters. The molecule has 1 fully saturated rings. The van der Waals surface area contributed by atoms with Crippen LogP contribution in [0.1, 0.15) is 53.4 Å². The van der Waals surface area contributed by atoms with Crippen LogP contribution in [0.25, 0.3) is 0 Å². The van der Waals surface area contributed by atoms with E-state index in [1.165, 1.54) is 25.7 Å². The summed E-state index contributed by atoms with van der Waals surface area (Å²) in [4.78, 5) is 0. The van der Waals surface area contributed by atoms with Crippen molar-refractivity contribution in [2.75, 3.05) is 0 Å². The monoisotopic (exact) mass is 168 g/mol. The summed E-state index contributed by atoms with van der Waals surface area (Å²) in [5.74, 6) is 4.03. The van der Waals surface area contributed by atoms with E-state index in [1.54, 1.807) is 0 Å². The van der Waals surface area contributed by atoms with Gasteiger partial charge in [-0.2, -0.15) is 0 Å². The molecule has 0 amide bonds. The van der Waals surface area contributed by atoms with E-state index in [1.807, 2.05) is 0 Å². The summed E-state index contributed by atoms with van der Waals surface area (Å²) in [5.41, 5.74) is 0. The van der Waals surface area contributed by atoms with Crippen LogP contribution >= 0.6 is 0 Å². The maximum atomic E-state index is 2.43. The van der Waals surface area contributed by atoms with Gasteiger partial charge in [-0.1, -0.05) is 40.5 Å². The molecule has 1 saturated carbocycles. The van der Waals surface area contributed by atoms with Crippen LogP contribution in [0.15, 0.2) is 0 Å². The highest BCUT2D eigenvalue weighted by Crippen LogP contribution is 2.42. The largest absolute Gasteiger partial charge is 0.0651 e. The van der Waals surface area contributed by atoms with Gasteiger partial charge in [0.2, 0.25) is 0 Å².